The van der Waals surface area contributed by atoms with Gasteiger partial charge in [-0.05, 0) is 0 Å². The van der Waals surface area contributed by atoms with E-state index in [1.165, 1.54) is 0 Å². The first kappa shape index (κ1) is 79.1. The second-order valence-corrected chi connectivity index (χ2v) is 17.0. The van der Waals surface area contributed by atoms with E-state index in [1.807, 2.05) is 0 Å². The van der Waals surface area contributed by atoms with Crippen molar-refractivity contribution in [1.82, 2.24) is 4.90 Å². The first-order chi connectivity index (χ1) is 36.4. The molecular formula is C29F57N. The summed E-state index contributed by atoms with van der Waals surface area (Å²) in [5, 5.41) is 0. The van der Waals surface area contributed by atoms with Crippen LogP contribution in [0.4, 0.5) is 250 Å². The van der Waals surface area contributed by atoms with E-state index < -0.39 is 177 Å². The fourth-order valence-corrected chi connectivity index (χ4v) is 7.33. The van der Waals surface area contributed by atoms with Crippen molar-refractivity contribution in [2.45, 2.75) is 172 Å². The summed E-state index contributed by atoms with van der Waals surface area (Å²) >= 11 is 0. The number of alkyl halides is 57. The van der Waals surface area contributed by atoms with Gasteiger partial charge >= 0.3 is 149 Å². The average Bonchev–Trinajstić information content (AvgIpc) is 3.26. The second kappa shape index (κ2) is 18.0. The lowest BCUT2D eigenvalue weighted by molar-refractivity contribution is -0.587. The van der Waals surface area contributed by atoms with Crippen LogP contribution in [0, 0.1) is 0 Å². The normalized spacial score (nSPS) is 30.4. The van der Waals surface area contributed by atoms with Crippen LogP contribution in [0.25, 0.3) is 0 Å². The van der Waals surface area contributed by atoms with Crippen molar-refractivity contribution < 1.29 is 250 Å². The monoisotopic (exact) mass is 1440 g/mol. The molecule has 0 aromatic heterocycles. The highest BCUT2D eigenvalue weighted by atomic mass is 19.5. The Morgan fingerprint density at radius 3 is 0.379 bits per heavy atom. The number of nitrogens with zero attached hydrogens (tertiary/aromatic N) is 1. The van der Waals surface area contributed by atoms with E-state index >= 15 is 8.78 Å². The minimum Gasteiger partial charge on any atom is -0.229 e. The first-order valence-electron chi connectivity index (χ1n) is 18.4. The Kier molecular flexibility index (Phi) is 16.3. The summed E-state index contributed by atoms with van der Waals surface area (Å²) < 4.78 is 775. The second-order valence-electron chi connectivity index (χ2n) is 17.0. The Bertz CT molecular complexity index is 2380. The number of halogens is 57. The van der Waals surface area contributed by atoms with Crippen molar-refractivity contribution in [2.75, 3.05) is 0 Å². The topological polar surface area (TPSA) is 3.24 Å². The molecule has 0 N–H and O–H groups in total. The number of hydrogen-bond donors (Lipinski definition) is 0. The lowest BCUT2D eigenvalue weighted by atomic mass is 9.43. The molecule has 3 fully saturated rings. The zero-order valence-corrected chi connectivity index (χ0v) is 36.5. The first-order valence-corrected chi connectivity index (χ1v) is 18.4. The standard InChI is InChI=1S/C15F33N.C14F24/c16-1(17,4(22,23)10(34,35)36)7(28,29)13(43,44)49(14(45,46)8(30,31)2(18,19)5(24,25)11(37,38)39)15(47,48)9(32,33)3(20,21)6(26,27)12(40,41)42;15-1-2(16)4(18,10(29,30)14(37,38)12(33,34)6(2,21)22)8(25,26)7(23,24)3(1,17)9(27,28)13(35,36)11(31,32)5(1,19)20. The molecule has 1 nitrogen and oxygen atoms in total. The molecule has 3 aliphatic rings. The molecule has 3 aliphatic carbocycles. The molecule has 3 rings (SSSR count). The fourth-order valence-electron chi connectivity index (χ4n) is 7.33. The Hall–Kier alpha value is -4.03. The molecular weight excluding hydrogens is 1450 g/mol. The summed E-state index contributed by atoms with van der Waals surface area (Å²) in [7, 11) is 0. The SMILES string of the molecule is FC(F)(F)C(F)(F)C(F)(F)C(F)(F)C(F)(F)N(C(F)(F)C(F)(F)C(F)(F)C(F)(F)C(F)(F)F)C(F)(F)C(F)(F)C(F)(F)C(F)(F)C(F)(F)F.FC1(F)C(F)(F)C(F)(F)C2(F)C(F)(C1(F)F)C(F)(F)C(F)(F)C1(F)C(F)(F)C(F)(F)C(F)(F)C(F)(F)C12F. The largest absolute Gasteiger partial charge is 0.460 e. The maximum absolute atomic E-state index is 15.3. The molecule has 0 saturated heterocycles. The Morgan fingerprint density at radius 2 is 0.253 bits per heavy atom. The van der Waals surface area contributed by atoms with E-state index in [0.29, 0.717) is 0 Å². The van der Waals surface area contributed by atoms with Gasteiger partial charge in [-0.25, -0.2) is 17.6 Å². The van der Waals surface area contributed by atoms with E-state index in [-0.39, 0.29) is 0 Å². The van der Waals surface area contributed by atoms with Gasteiger partial charge in [-0.2, -0.15) is 233 Å². The quantitative estimate of drug-likeness (QED) is 0.139. The number of rotatable bonds is 12. The smallest absolute Gasteiger partial charge is 0.229 e. The van der Waals surface area contributed by atoms with Crippen LogP contribution in [0.1, 0.15) is 0 Å². The van der Waals surface area contributed by atoms with Crippen LogP contribution in [-0.4, -0.2) is 177 Å². The summed E-state index contributed by atoms with van der Waals surface area (Å²) in [5.74, 6) is -178. The van der Waals surface area contributed by atoms with Crippen molar-refractivity contribution in [1.29, 1.82) is 0 Å². The van der Waals surface area contributed by atoms with Gasteiger partial charge in [0.05, 0.1) is 0 Å². The highest BCUT2D eigenvalue weighted by Crippen LogP contribution is 2.87. The average molecular weight is 1450 g/mol. The van der Waals surface area contributed by atoms with E-state index in [0.717, 1.165) is 0 Å². The Labute approximate surface area is 428 Å². The van der Waals surface area contributed by atoms with Crippen LogP contribution < -0.4 is 0 Å². The number of hydrogen-bond acceptors (Lipinski definition) is 1. The van der Waals surface area contributed by atoms with Gasteiger partial charge in [0.1, 0.15) is 0 Å². The molecule has 0 radical (unpaired) electrons. The van der Waals surface area contributed by atoms with Crippen LogP contribution in [0.3, 0.4) is 0 Å². The van der Waals surface area contributed by atoms with Crippen LogP contribution in [0.2, 0.25) is 0 Å². The Balaban J connectivity index is 0.000000610. The molecule has 0 bridgehead atoms. The van der Waals surface area contributed by atoms with Gasteiger partial charge in [-0.1, -0.05) is 0 Å². The molecule has 0 amide bonds. The highest BCUT2D eigenvalue weighted by Gasteiger charge is 3.21. The molecule has 520 valence electrons. The molecule has 58 heteroatoms. The van der Waals surface area contributed by atoms with Gasteiger partial charge in [0.15, 0.2) is 0 Å². The van der Waals surface area contributed by atoms with Gasteiger partial charge in [-0.3, -0.25) is 0 Å². The lowest BCUT2D eigenvalue weighted by Gasteiger charge is -2.70. The van der Waals surface area contributed by atoms with E-state index in [1.54, 1.807) is 0 Å². The molecule has 0 aliphatic heterocycles. The van der Waals surface area contributed by atoms with Crippen LogP contribution >= 0.6 is 0 Å². The zero-order chi connectivity index (χ0) is 72.1. The van der Waals surface area contributed by atoms with E-state index in [2.05, 4.69) is 0 Å². The molecule has 0 aromatic carbocycles. The number of fused-ring (bicyclic) bond motifs is 3. The van der Waals surface area contributed by atoms with Crippen molar-refractivity contribution in [2.24, 2.45) is 0 Å². The predicted molar refractivity (Wildman–Crippen MR) is 144 cm³/mol. The van der Waals surface area contributed by atoms with Crippen molar-refractivity contribution >= 4 is 0 Å². The van der Waals surface area contributed by atoms with Crippen LogP contribution in [0.5, 0.6) is 0 Å². The molecule has 0 heterocycles. The van der Waals surface area contributed by atoms with Gasteiger partial charge in [0.2, 0.25) is 0 Å². The van der Waals surface area contributed by atoms with Crippen LogP contribution in [-0.2, 0) is 0 Å². The zero-order valence-electron chi connectivity index (χ0n) is 36.5. The van der Waals surface area contributed by atoms with Crippen molar-refractivity contribution in [3.8, 4) is 0 Å². The summed E-state index contributed by atoms with van der Waals surface area (Å²) in [6.45, 7) is 0. The van der Waals surface area contributed by atoms with E-state index in [9.17, 15) is 241 Å². The molecule has 3 saturated carbocycles. The summed E-state index contributed by atoms with van der Waals surface area (Å²) in [6.07, 6.45) is -25.9. The summed E-state index contributed by atoms with van der Waals surface area (Å²) in [5.41, 5.74) is -38.6. The molecule has 4 atom stereocenters. The molecule has 4 unspecified atom stereocenters. The fraction of sp³-hybridized carbons (Fsp3) is 1.00. The summed E-state index contributed by atoms with van der Waals surface area (Å²) in [4.78, 5) is -6.69. The molecule has 87 heavy (non-hydrogen) atoms. The van der Waals surface area contributed by atoms with Crippen LogP contribution in [0.15, 0.2) is 0 Å². The maximum Gasteiger partial charge on any atom is 0.460 e. The van der Waals surface area contributed by atoms with Gasteiger partial charge in [0.25, 0.3) is 22.7 Å². The maximum atomic E-state index is 15.3. The third-order valence-electron chi connectivity index (χ3n) is 12.2. The summed E-state index contributed by atoms with van der Waals surface area (Å²) in [6, 6.07) is -31.4. The minimum atomic E-state index is -10.5. The lowest BCUT2D eigenvalue weighted by Crippen LogP contribution is -3.06. The highest BCUT2D eigenvalue weighted by molar-refractivity contribution is 5.52. The third-order valence-corrected chi connectivity index (χ3v) is 12.2. The van der Waals surface area contributed by atoms with Gasteiger partial charge in [0, 0.05) is 0 Å². The van der Waals surface area contributed by atoms with E-state index in [4.69, 9.17) is 0 Å². The predicted octanol–water partition coefficient (Wildman–Crippen LogP) is 17.7. The molecule has 0 aromatic rings. The molecule has 0 spiro atoms. The Morgan fingerprint density at radius 1 is 0.138 bits per heavy atom. The van der Waals surface area contributed by atoms with Crippen molar-refractivity contribution in [3.05, 3.63) is 0 Å². The van der Waals surface area contributed by atoms with Gasteiger partial charge in [-0.15, -0.1) is 4.90 Å². The minimum absolute atomic E-state index is 6.69. The van der Waals surface area contributed by atoms with Crippen molar-refractivity contribution in [3.63, 3.8) is 0 Å². The van der Waals surface area contributed by atoms with Gasteiger partial charge < -0.3 is 0 Å². The third kappa shape index (κ3) is 7.41.